The van der Waals surface area contributed by atoms with Crippen molar-refractivity contribution in [1.29, 1.82) is 0 Å². The minimum Gasteiger partial charge on any atom is -0.481 e. The topological polar surface area (TPSA) is 66.8 Å². The number of carboxylic acids is 1. The van der Waals surface area contributed by atoms with E-state index in [1.165, 1.54) is 0 Å². The second kappa shape index (κ2) is 9.33. The molecule has 1 aliphatic heterocycles. The molecule has 5 heteroatoms. The van der Waals surface area contributed by atoms with Crippen LogP contribution in [-0.2, 0) is 20.9 Å². The SMILES string of the molecule is O=C(O)[C@@H]1CN(C(=O)CCCOCc2ccccc2)C[C@@H]1c1ccccc1. The Kier molecular flexibility index (Phi) is 6.60. The van der Waals surface area contributed by atoms with E-state index in [0.29, 0.717) is 32.6 Å². The van der Waals surface area contributed by atoms with Crippen molar-refractivity contribution in [2.45, 2.75) is 25.4 Å². The largest absolute Gasteiger partial charge is 0.481 e. The van der Waals surface area contributed by atoms with E-state index >= 15 is 0 Å². The molecule has 2 atom stereocenters. The zero-order chi connectivity index (χ0) is 19.1. The Morgan fingerprint density at radius 1 is 1.00 bits per heavy atom. The zero-order valence-corrected chi connectivity index (χ0v) is 15.3. The van der Waals surface area contributed by atoms with Gasteiger partial charge in [0.15, 0.2) is 0 Å². The Morgan fingerprint density at radius 2 is 1.67 bits per heavy atom. The lowest BCUT2D eigenvalue weighted by atomic mass is 9.89. The molecule has 5 nitrogen and oxygen atoms in total. The third kappa shape index (κ3) is 5.17. The van der Waals surface area contributed by atoms with Gasteiger partial charge in [0, 0.05) is 32.0 Å². The molecule has 0 spiro atoms. The molecular weight excluding hydrogens is 342 g/mol. The summed E-state index contributed by atoms with van der Waals surface area (Å²) in [6.07, 6.45) is 1.01. The number of carbonyl (C=O) groups is 2. The monoisotopic (exact) mass is 367 g/mol. The number of likely N-dealkylation sites (tertiary alicyclic amines) is 1. The van der Waals surface area contributed by atoms with Crippen molar-refractivity contribution in [3.63, 3.8) is 0 Å². The summed E-state index contributed by atoms with van der Waals surface area (Å²) in [5.41, 5.74) is 2.09. The predicted octanol–water partition coefficient (Wildman–Crippen LogP) is 3.31. The molecule has 1 N–H and O–H groups in total. The number of carboxylic acid groups (broad SMARTS) is 1. The third-order valence-electron chi connectivity index (χ3n) is 5.01. The number of hydrogen-bond acceptors (Lipinski definition) is 3. The summed E-state index contributed by atoms with van der Waals surface area (Å²) in [6, 6.07) is 19.5. The second-order valence-corrected chi connectivity index (χ2v) is 6.90. The van der Waals surface area contributed by atoms with E-state index in [4.69, 9.17) is 4.74 Å². The lowest BCUT2D eigenvalue weighted by Gasteiger charge is -2.16. The number of benzene rings is 2. The Bertz CT molecular complexity index is 747. The maximum atomic E-state index is 12.5. The molecule has 1 heterocycles. The second-order valence-electron chi connectivity index (χ2n) is 6.90. The first-order valence-corrected chi connectivity index (χ1v) is 9.32. The normalized spacial score (nSPS) is 19.2. The summed E-state index contributed by atoms with van der Waals surface area (Å²) in [5.74, 6) is -1.54. The molecule has 3 rings (SSSR count). The maximum Gasteiger partial charge on any atom is 0.308 e. The zero-order valence-electron chi connectivity index (χ0n) is 15.3. The lowest BCUT2D eigenvalue weighted by molar-refractivity contribution is -0.141. The van der Waals surface area contributed by atoms with Crippen LogP contribution < -0.4 is 0 Å². The van der Waals surface area contributed by atoms with Gasteiger partial charge in [-0.15, -0.1) is 0 Å². The molecule has 1 saturated heterocycles. The van der Waals surface area contributed by atoms with Crippen LogP contribution in [0.1, 0.15) is 29.9 Å². The Labute approximate surface area is 159 Å². The standard InChI is InChI=1S/C22H25NO4/c24-21(12-7-13-27-16-17-8-3-1-4-9-17)23-14-19(20(15-23)22(25)26)18-10-5-2-6-11-18/h1-6,8-11,19-20H,7,12-16H2,(H,25,26)/t19-,20-/m1/s1. The predicted molar refractivity (Wildman–Crippen MR) is 102 cm³/mol. The highest BCUT2D eigenvalue weighted by Gasteiger charge is 2.40. The fourth-order valence-electron chi connectivity index (χ4n) is 3.54. The van der Waals surface area contributed by atoms with Crippen LogP contribution in [-0.4, -0.2) is 41.6 Å². The average molecular weight is 367 g/mol. The van der Waals surface area contributed by atoms with E-state index in [9.17, 15) is 14.7 Å². The Hall–Kier alpha value is -2.66. The molecule has 0 saturated carbocycles. The van der Waals surface area contributed by atoms with Crippen LogP contribution in [0.4, 0.5) is 0 Å². The van der Waals surface area contributed by atoms with Gasteiger partial charge in [0.2, 0.25) is 5.91 Å². The number of amides is 1. The van der Waals surface area contributed by atoms with E-state index in [2.05, 4.69) is 0 Å². The van der Waals surface area contributed by atoms with Crippen LogP contribution in [0.15, 0.2) is 60.7 Å². The van der Waals surface area contributed by atoms with Crippen molar-refractivity contribution in [2.24, 2.45) is 5.92 Å². The highest BCUT2D eigenvalue weighted by molar-refractivity contribution is 5.79. The van der Waals surface area contributed by atoms with Gasteiger partial charge in [0.1, 0.15) is 0 Å². The smallest absolute Gasteiger partial charge is 0.308 e. The highest BCUT2D eigenvalue weighted by atomic mass is 16.5. The van der Waals surface area contributed by atoms with E-state index < -0.39 is 11.9 Å². The van der Waals surface area contributed by atoms with Crippen molar-refractivity contribution in [1.82, 2.24) is 4.90 Å². The Morgan fingerprint density at radius 3 is 2.33 bits per heavy atom. The summed E-state index contributed by atoms with van der Waals surface area (Å²) < 4.78 is 5.62. The maximum absolute atomic E-state index is 12.5. The summed E-state index contributed by atoms with van der Waals surface area (Å²) in [7, 11) is 0. The number of ether oxygens (including phenoxy) is 1. The van der Waals surface area contributed by atoms with Crippen molar-refractivity contribution >= 4 is 11.9 Å². The van der Waals surface area contributed by atoms with Gasteiger partial charge < -0.3 is 14.7 Å². The van der Waals surface area contributed by atoms with Gasteiger partial charge in [0.25, 0.3) is 0 Å². The quantitative estimate of drug-likeness (QED) is 0.727. The summed E-state index contributed by atoms with van der Waals surface area (Å²) in [5, 5.41) is 9.54. The molecule has 0 radical (unpaired) electrons. The average Bonchev–Trinajstić information content (AvgIpc) is 3.15. The van der Waals surface area contributed by atoms with Gasteiger partial charge in [-0.2, -0.15) is 0 Å². The fourth-order valence-corrected chi connectivity index (χ4v) is 3.54. The van der Waals surface area contributed by atoms with Gasteiger partial charge in [-0.25, -0.2) is 0 Å². The van der Waals surface area contributed by atoms with Crippen LogP contribution in [0.5, 0.6) is 0 Å². The molecule has 0 aliphatic carbocycles. The minimum absolute atomic E-state index is 0.00277. The molecule has 1 amide bonds. The lowest BCUT2D eigenvalue weighted by Crippen LogP contribution is -2.29. The molecule has 0 bridgehead atoms. The molecule has 0 unspecified atom stereocenters. The van der Waals surface area contributed by atoms with Crippen LogP contribution >= 0.6 is 0 Å². The summed E-state index contributed by atoms with van der Waals surface area (Å²) >= 11 is 0. The van der Waals surface area contributed by atoms with Gasteiger partial charge in [-0.3, -0.25) is 9.59 Å². The van der Waals surface area contributed by atoms with Gasteiger partial charge in [0.05, 0.1) is 12.5 Å². The first-order chi connectivity index (χ1) is 13.1. The number of carbonyl (C=O) groups excluding carboxylic acids is 1. The summed E-state index contributed by atoms with van der Waals surface area (Å²) in [6.45, 7) is 1.79. The first-order valence-electron chi connectivity index (χ1n) is 9.32. The van der Waals surface area contributed by atoms with Crippen molar-refractivity contribution in [3.8, 4) is 0 Å². The number of rotatable bonds is 8. The molecule has 1 aliphatic rings. The molecule has 2 aromatic rings. The van der Waals surface area contributed by atoms with Gasteiger partial charge >= 0.3 is 5.97 Å². The fraction of sp³-hybridized carbons (Fsp3) is 0.364. The number of aliphatic carboxylic acids is 1. The van der Waals surface area contributed by atoms with E-state index in [0.717, 1.165) is 11.1 Å². The first kappa shape index (κ1) is 19.1. The van der Waals surface area contributed by atoms with Crippen LogP contribution in [0, 0.1) is 5.92 Å². The van der Waals surface area contributed by atoms with E-state index in [1.807, 2.05) is 60.7 Å². The van der Waals surface area contributed by atoms with Gasteiger partial charge in [-0.1, -0.05) is 60.7 Å². The molecule has 0 aromatic heterocycles. The molecule has 2 aromatic carbocycles. The molecule has 27 heavy (non-hydrogen) atoms. The minimum atomic E-state index is -0.842. The van der Waals surface area contributed by atoms with Crippen LogP contribution in [0.25, 0.3) is 0 Å². The molecule has 1 fully saturated rings. The van der Waals surface area contributed by atoms with Crippen molar-refractivity contribution in [2.75, 3.05) is 19.7 Å². The van der Waals surface area contributed by atoms with Gasteiger partial charge in [-0.05, 0) is 17.5 Å². The van der Waals surface area contributed by atoms with Crippen molar-refractivity contribution in [3.05, 3.63) is 71.8 Å². The van der Waals surface area contributed by atoms with Crippen LogP contribution in [0.2, 0.25) is 0 Å². The van der Waals surface area contributed by atoms with E-state index in [1.54, 1.807) is 4.90 Å². The number of nitrogens with zero attached hydrogens (tertiary/aromatic N) is 1. The van der Waals surface area contributed by atoms with Crippen LogP contribution in [0.3, 0.4) is 0 Å². The Balaban J connectivity index is 1.46. The molecule has 142 valence electrons. The highest BCUT2D eigenvalue weighted by Crippen LogP contribution is 2.33. The molecular formula is C22H25NO4. The van der Waals surface area contributed by atoms with Crippen molar-refractivity contribution < 1.29 is 19.4 Å². The number of hydrogen-bond donors (Lipinski definition) is 1. The van der Waals surface area contributed by atoms with E-state index in [-0.39, 0.29) is 18.4 Å². The summed E-state index contributed by atoms with van der Waals surface area (Å²) in [4.78, 5) is 25.8. The third-order valence-corrected chi connectivity index (χ3v) is 5.01.